The SMILES string of the molecule is CCOC(=O)Cn1c(=NC(=O)c2ccc(C)cc2)sc2cc(C(=O)OC)ccc21. The summed E-state index contributed by atoms with van der Waals surface area (Å²) < 4.78 is 12.1. The minimum absolute atomic E-state index is 0.0918. The number of hydrogen-bond acceptors (Lipinski definition) is 6. The largest absolute Gasteiger partial charge is 0.465 e. The van der Waals surface area contributed by atoms with Crippen molar-refractivity contribution in [2.75, 3.05) is 13.7 Å². The van der Waals surface area contributed by atoms with Crippen molar-refractivity contribution in [2.45, 2.75) is 20.4 Å². The molecule has 7 nitrogen and oxygen atoms in total. The van der Waals surface area contributed by atoms with Crippen molar-refractivity contribution < 1.29 is 23.9 Å². The number of amides is 1. The molecule has 0 fully saturated rings. The van der Waals surface area contributed by atoms with Crippen LogP contribution in [0.1, 0.15) is 33.2 Å². The molecule has 0 bridgehead atoms. The summed E-state index contributed by atoms with van der Waals surface area (Å²) in [4.78, 5) is 41.1. The topological polar surface area (TPSA) is 87.0 Å². The van der Waals surface area contributed by atoms with Gasteiger partial charge in [-0.15, -0.1) is 0 Å². The fraction of sp³-hybridized carbons (Fsp3) is 0.238. The molecule has 29 heavy (non-hydrogen) atoms. The van der Waals surface area contributed by atoms with E-state index in [9.17, 15) is 14.4 Å². The molecule has 0 radical (unpaired) electrons. The molecule has 1 amide bonds. The molecule has 0 saturated heterocycles. The molecule has 1 heterocycles. The van der Waals surface area contributed by atoms with Crippen LogP contribution < -0.4 is 4.80 Å². The van der Waals surface area contributed by atoms with Crippen molar-refractivity contribution in [3.05, 3.63) is 64.0 Å². The van der Waals surface area contributed by atoms with E-state index in [-0.39, 0.29) is 13.2 Å². The number of rotatable bonds is 5. The van der Waals surface area contributed by atoms with Gasteiger partial charge in [0.1, 0.15) is 6.54 Å². The number of aryl methyl sites for hydroxylation is 1. The van der Waals surface area contributed by atoms with E-state index in [1.807, 2.05) is 19.1 Å². The summed E-state index contributed by atoms with van der Waals surface area (Å²) in [5, 5.41) is 0. The second-order valence-electron chi connectivity index (χ2n) is 6.23. The van der Waals surface area contributed by atoms with Crippen molar-refractivity contribution in [3.8, 4) is 0 Å². The van der Waals surface area contributed by atoms with Crippen LogP contribution >= 0.6 is 11.3 Å². The molecule has 0 N–H and O–H groups in total. The highest BCUT2D eigenvalue weighted by Crippen LogP contribution is 2.20. The van der Waals surface area contributed by atoms with Gasteiger partial charge in [0.05, 0.1) is 29.5 Å². The van der Waals surface area contributed by atoms with Gasteiger partial charge in [-0.25, -0.2) is 4.79 Å². The Morgan fingerprint density at radius 3 is 2.41 bits per heavy atom. The summed E-state index contributed by atoms with van der Waals surface area (Å²) in [5.41, 5.74) is 2.54. The maximum Gasteiger partial charge on any atom is 0.337 e. The number of ether oxygens (including phenoxy) is 2. The zero-order chi connectivity index (χ0) is 21.0. The minimum Gasteiger partial charge on any atom is -0.465 e. The third kappa shape index (κ3) is 4.60. The summed E-state index contributed by atoms with van der Waals surface area (Å²) in [7, 11) is 1.31. The summed E-state index contributed by atoms with van der Waals surface area (Å²) in [5.74, 6) is -1.32. The van der Waals surface area contributed by atoms with Gasteiger partial charge in [0.25, 0.3) is 5.91 Å². The van der Waals surface area contributed by atoms with Crippen molar-refractivity contribution >= 4 is 39.4 Å². The predicted octanol–water partition coefficient (Wildman–Crippen LogP) is 3.10. The molecule has 8 heteroatoms. The maximum atomic E-state index is 12.6. The first-order valence-electron chi connectivity index (χ1n) is 8.96. The molecular formula is C21H20N2O5S. The Morgan fingerprint density at radius 2 is 1.76 bits per heavy atom. The van der Waals surface area contributed by atoms with Crippen LogP contribution in [0.2, 0.25) is 0 Å². The number of esters is 2. The second kappa shape index (κ2) is 8.83. The maximum absolute atomic E-state index is 12.6. The molecule has 1 aromatic heterocycles. The Kier molecular flexibility index (Phi) is 6.23. The molecule has 0 aliphatic rings. The highest BCUT2D eigenvalue weighted by Gasteiger charge is 2.15. The normalized spacial score (nSPS) is 11.5. The predicted molar refractivity (Wildman–Crippen MR) is 109 cm³/mol. The Hall–Kier alpha value is -3.26. The molecule has 2 aromatic carbocycles. The fourth-order valence-corrected chi connectivity index (χ4v) is 3.81. The number of aromatic nitrogens is 1. The molecule has 0 atom stereocenters. The first-order valence-corrected chi connectivity index (χ1v) is 9.77. The van der Waals surface area contributed by atoms with E-state index in [1.54, 1.807) is 41.8 Å². The number of carbonyl (C=O) groups excluding carboxylic acids is 3. The van der Waals surface area contributed by atoms with Gasteiger partial charge in [0.2, 0.25) is 0 Å². The lowest BCUT2D eigenvalue weighted by atomic mass is 10.1. The van der Waals surface area contributed by atoms with Crippen LogP contribution in [-0.2, 0) is 20.8 Å². The summed E-state index contributed by atoms with van der Waals surface area (Å²) >= 11 is 1.21. The van der Waals surface area contributed by atoms with Gasteiger partial charge in [-0.2, -0.15) is 4.99 Å². The van der Waals surface area contributed by atoms with E-state index in [4.69, 9.17) is 9.47 Å². The van der Waals surface area contributed by atoms with E-state index in [2.05, 4.69) is 4.99 Å². The smallest absolute Gasteiger partial charge is 0.337 e. The molecule has 0 aliphatic heterocycles. The Bertz CT molecular complexity index is 1140. The van der Waals surface area contributed by atoms with Crippen LogP contribution in [0.25, 0.3) is 10.2 Å². The average Bonchev–Trinajstić information content (AvgIpc) is 3.04. The van der Waals surface area contributed by atoms with Crippen LogP contribution in [-0.4, -0.2) is 36.1 Å². The molecule has 0 unspecified atom stereocenters. The van der Waals surface area contributed by atoms with E-state index in [1.165, 1.54) is 18.4 Å². The first-order chi connectivity index (χ1) is 13.9. The number of fused-ring (bicyclic) bond motifs is 1. The van der Waals surface area contributed by atoms with Crippen LogP contribution in [0.5, 0.6) is 0 Å². The van der Waals surface area contributed by atoms with Crippen LogP contribution in [0, 0.1) is 6.92 Å². The van der Waals surface area contributed by atoms with E-state index < -0.39 is 17.8 Å². The van der Waals surface area contributed by atoms with Gasteiger partial charge >= 0.3 is 11.9 Å². The Balaban J connectivity index is 2.12. The van der Waals surface area contributed by atoms with Gasteiger partial charge in [-0.3, -0.25) is 9.59 Å². The molecule has 0 aliphatic carbocycles. The third-order valence-electron chi connectivity index (χ3n) is 4.19. The minimum atomic E-state index is -0.466. The lowest BCUT2D eigenvalue weighted by molar-refractivity contribution is -0.143. The number of carbonyl (C=O) groups is 3. The van der Waals surface area contributed by atoms with Crippen molar-refractivity contribution in [1.29, 1.82) is 0 Å². The van der Waals surface area contributed by atoms with Crippen LogP contribution in [0.3, 0.4) is 0 Å². The summed E-state index contributed by atoms with van der Waals surface area (Å²) in [6.07, 6.45) is 0. The monoisotopic (exact) mass is 412 g/mol. The Morgan fingerprint density at radius 1 is 1.07 bits per heavy atom. The van der Waals surface area contributed by atoms with Gasteiger partial charge < -0.3 is 14.0 Å². The zero-order valence-corrected chi connectivity index (χ0v) is 17.1. The van der Waals surface area contributed by atoms with Crippen molar-refractivity contribution in [3.63, 3.8) is 0 Å². The highest BCUT2D eigenvalue weighted by atomic mass is 32.1. The number of nitrogens with zero attached hydrogens (tertiary/aromatic N) is 2. The molecule has 0 spiro atoms. The Labute approximate surface area is 171 Å². The lowest BCUT2D eigenvalue weighted by Gasteiger charge is -2.05. The van der Waals surface area contributed by atoms with Crippen LogP contribution in [0.15, 0.2) is 47.5 Å². The number of benzene rings is 2. The van der Waals surface area contributed by atoms with Crippen molar-refractivity contribution in [1.82, 2.24) is 4.57 Å². The van der Waals surface area contributed by atoms with E-state index in [0.717, 1.165) is 5.56 Å². The van der Waals surface area contributed by atoms with Gasteiger partial charge in [0.15, 0.2) is 4.80 Å². The molecular weight excluding hydrogens is 392 g/mol. The third-order valence-corrected chi connectivity index (χ3v) is 5.23. The second-order valence-corrected chi connectivity index (χ2v) is 7.24. The zero-order valence-electron chi connectivity index (χ0n) is 16.3. The number of thiazole rings is 1. The van der Waals surface area contributed by atoms with E-state index >= 15 is 0 Å². The van der Waals surface area contributed by atoms with Gasteiger partial charge in [-0.05, 0) is 44.2 Å². The molecule has 150 valence electrons. The van der Waals surface area contributed by atoms with Crippen LogP contribution in [0.4, 0.5) is 0 Å². The first kappa shape index (κ1) is 20.5. The molecule has 0 saturated carbocycles. The van der Waals surface area contributed by atoms with Gasteiger partial charge in [0, 0.05) is 5.56 Å². The fourth-order valence-electron chi connectivity index (χ4n) is 2.74. The summed E-state index contributed by atoms with van der Waals surface area (Å²) in [6.45, 7) is 3.82. The number of methoxy groups -OCH3 is 1. The standard InChI is InChI=1S/C21H20N2O5S/c1-4-28-18(24)12-23-16-10-9-15(20(26)27-3)11-17(16)29-21(23)22-19(25)14-7-5-13(2)6-8-14/h5-11H,4,12H2,1-3H3. The summed E-state index contributed by atoms with van der Waals surface area (Å²) in [6, 6.07) is 12.1. The molecule has 3 rings (SSSR count). The quantitative estimate of drug-likeness (QED) is 0.601. The average molecular weight is 412 g/mol. The lowest BCUT2D eigenvalue weighted by Crippen LogP contribution is -2.23. The molecule has 3 aromatic rings. The van der Waals surface area contributed by atoms with Gasteiger partial charge in [-0.1, -0.05) is 29.0 Å². The van der Waals surface area contributed by atoms with Crippen molar-refractivity contribution in [2.24, 2.45) is 4.99 Å². The number of hydrogen-bond donors (Lipinski definition) is 0. The van der Waals surface area contributed by atoms with E-state index in [0.29, 0.717) is 26.1 Å². The highest BCUT2D eigenvalue weighted by molar-refractivity contribution is 7.16.